The van der Waals surface area contributed by atoms with E-state index in [4.69, 9.17) is 4.74 Å². The van der Waals surface area contributed by atoms with Crippen molar-refractivity contribution in [1.29, 1.82) is 0 Å². The molecule has 1 amide bonds. The number of amides is 1. The first-order chi connectivity index (χ1) is 15.6. The van der Waals surface area contributed by atoms with E-state index in [1.165, 1.54) is 16.6 Å². The number of anilines is 1. The molecule has 0 atom stereocenters. The third kappa shape index (κ3) is 5.38. The van der Waals surface area contributed by atoms with Crippen LogP contribution < -0.4 is 15.6 Å². The van der Waals surface area contributed by atoms with Crippen molar-refractivity contribution >= 4 is 45.6 Å². The Bertz CT molecular complexity index is 1250. The van der Waals surface area contributed by atoms with Crippen LogP contribution in [0.2, 0.25) is 0 Å². The Morgan fingerprint density at radius 2 is 1.94 bits per heavy atom. The van der Waals surface area contributed by atoms with Crippen LogP contribution in [0.1, 0.15) is 11.8 Å². The summed E-state index contributed by atoms with van der Waals surface area (Å²) >= 11 is 2.94. The molecule has 32 heavy (non-hydrogen) atoms. The number of para-hydroxylation sites is 1. The molecule has 2 aromatic heterocycles. The van der Waals surface area contributed by atoms with Gasteiger partial charge in [0.2, 0.25) is 5.91 Å². The van der Waals surface area contributed by atoms with E-state index < -0.39 is 0 Å². The number of rotatable bonds is 9. The van der Waals surface area contributed by atoms with Crippen molar-refractivity contribution in [2.75, 3.05) is 17.7 Å². The predicted octanol–water partition coefficient (Wildman–Crippen LogP) is 4.83. The van der Waals surface area contributed by atoms with Crippen molar-refractivity contribution in [3.8, 4) is 5.75 Å². The van der Waals surface area contributed by atoms with Gasteiger partial charge in [-0.1, -0.05) is 30.0 Å². The van der Waals surface area contributed by atoms with Crippen LogP contribution in [-0.4, -0.2) is 27.8 Å². The maximum atomic E-state index is 13.1. The van der Waals surface area contributed by atoms with E-state index in [0.717, 1.165) is 12.2 Å². The number of hydrogen-bond donors (Lipinski definition) is 1. The molecule has 6 nitrogen and oxygen atoms in total. The van der Waals surface area contributed by atoms with Crippen LogP contribution in [0.4, 0.5) is 5.69 Å². The van der Waals surface area contributed by atoms with E-state index in [1.807, 2.05) is 48.7 Å². The summed E-state index contributed by atoms with van der Waals surface area (Å²) in [4.78, 5) is 31.5. The van der Waals surface area contributed by atoms with E-state index in [-0.39, 0.29) is 17.2 Å². The van der Waals surface area contributed by atoms with Gasteiger partial charge in [-0.25, -0.2) is 4.98 Å². The summed E-state index contributed by atoms with van der Waals surface area (Å²) in [6, 6.07) is 18.6. The molecule has 0 radical (unpaired) electrons. The standard InChI is InChI=1S/C24H23N3O3S2/c1-2-30-18-11-9-17(10-12-18)25-22(28)16-32-24-26-21-8-4-3-7-20(21)23(29)27(24)14-13-19-6-5-15-31-19/h3-12,15H,2,13-14,16H2,1H3,(H,25,28). The number of benzene rings is 2. The minimum absolute atomic E-state index is 0.0819. The third-order valence-electron chi connectivity index (χ3n) is 4.77. The average molecular weight is 466 g/mol. The van der Waals surface area contributed by atoms with Gasteiger partial charge in [0.1, 0.15) is 5.75 Å². The molecule has 0 unspecified atom stereocenters. The second kappa shape index (κ2) is 10.5. The molecule has 0 spiro atoms. The molecule has 0 fully saturated rings. The summed E-state index contributed by atoms with van der Waals surface area (Å²) < 4.78 is 7.10. The second-order valence-electron chi connectivity index (χ2n) is 6.99. The predicted molar refractivity (Wildman–Crippen MR) is 131 cm³/mol. The zero-order chi connectivity index (χ0) is 22.3. The zero-order valence-corrected chi connectivity index (χ0v) is 19.2. The van der Waals surface area contributed by atoms with Crippen molar-refractivity contribution in [2.45, 2.75) is 25.0 Å². The number of nitrogens with zero attached hydrogens (tertiary/aromatic N) is 2. The minimum atomic E-state index is -0.161. The molecular weight excluding hydrogens is 442 g/mol. The highest BCUT2D eigenvalue weighted by atomic mass is 32.2. The normalized spacial score (nSPS) is 10.9. The van der Waals surface area contributed by atoms with Gasteiger partial charge >= 0.3 is 0 Å². The summed E-state index contributed by atoms with van der Waals surface area (Å²) in [5.74, 6) is 0.748. The van der Waals surface area contributed by atoms with Crippen molar-refractivity contribution in [2.24, 2.45) is 0 Å². The molecule has 0 aliphatic rings. The quantitative estimate of drug-likeness (QED) is 0.283. The Morgan fingerprint density at radius 1 is 1.12 bits per heavy atom. The molecule has 2 heterocycles. The highest BCUT2D eigenvalue weighted by Crippen LogP contribution is 2.20. The topological polar surface area (TPSA) is 73.2 Å². The number of fused-ring (bicyclic) bond motifs is 1. The molecule has 0 aliphatic heterocycles. The number of thioether (sulfide) groups is 1. The van der Waals surface area contributed by atoms with Gasteiger partial charge in [0, 0.05) is 17.1 Å². The number of hydrogen-bond acceptors (Lipinski definition) is 6. The van der Waals surface area contributed by atoms with E-state index in [1.54, 1.807) is 34.1 Å². The van der Waals surface area contributed by atoms with Crippen LogP contribution >= 0.6 is 23.1 Å². The molecule has 2 aromatic carbocycles. The molecule has 0 saturated carbocycles. The van der Waals surface area contributed by atoms with Gasteiger partial charge < -0.3 is 10.1 Å². The van der Waals surface area contributed by atoms with Crippen molar-refractivity contribution < 1.29 is 9.53 Å². The number of thiophene rings is 1. The summed E-state index contributed by atoms with van der Waals surface area (Å²) in [5, 5.41) is 6.04. The van der Waals surface area contributed by atoms with Crippen molar-refractivity contribution in [1.82, 2.24) is 9.55 Å². The maximum absolute atomic E-state index is 13.1. The highest BCUT2D eigenvalue weighted by Gasteiger charge is 2.14. The minimum Gasteiger partial charge on any atom is -0.494 e. The summed E-state index contributed by atoms with van der Waals surface area (Å²) in [6.07, 6.45) is 0.740. The number of aryl methyl sites for hydroxylation is 1. The van der Waals surface area contributed by atoms with Crippen LogP contribution in [-0.2, 0) is 17.8 Å². The smallest absolute Gasteiger partial charge is 0.262 e. The van der Waals surface area contributed by atoms with Crippen LogP contribution in [0.15, 0.2) is 76.0 Å². The van der Waals surface area contributed by atoms with E-state index in [0.29, 0.717) is 34.9 Å². The molecule has 164 valence electrons. The first-order valence-corrected chi connectivity index (χ1v) is 12.2. The SMILES string of the molecule is CCOc1ccc(NC(=O)CSc2nc3ccccc3c(=O)n2CCc2cccs2)cc1. The van der Waals surface area contributed by atoms with Crippen LogP contribution in [0.25, 0.3) is 10.9 Å². The van der Waals surface area contributed by atoms with Gasteiger partial charge in [0.15, 0.2) is 5.16 Å². The van der Waals surface area contributed by atoms with Crippen LogP contribution in [0.5, 0.6) is 5.75 Å². The molecule has 0 saturated heterocycles. The number of aromatic nitrogens is 2. The fourth-order valence-electron chi connectivity index (χ4n) is 3.26. The van der Waals surface area contributed by atoms with Gasteiger partial charge in [0.05, 0.1) is 23.3 Å². The lowest BCUT2D eigenvalue weighted by molar-refractivity contribution is -0.113. The monoisotopic (exact) mass is 465 g/mol. The van der Waals surface area contributed by atoms with E-state index in [2.05, 4.69) is 16.4 Å². The summed E-state index contributed by atoms with van der Waals surface area (Å²) in [7, 11) is 0. The van der Waals surface area contributed by atoms with Crippen LogP contribution in [0.3, 0.4) is 0 Å². The third-order valence-corrected chi connectivity index (χ3v) is 6.68. The Balaban J connectivity index is 1.49. The average Bonchev–Trinajstić information content (AvgIpc) is 3.32. The van der Waals surface area contributed by atoms with Gasteiger partial charge in [-0.05, 0) is 61.2 Å². The zero-order valence-electron chi connectivity index (χ0n) is 17.6. The van der Waals surface area contributed by atoms with Crippen LogP contribution in [0, 0.1) is 0 Å². The maximum Gasteiger partial charge on any atom is 0.262 e. The fourth-order valence-corrected chi connectivity index (χ4v) is 4.78. The molecule has 0 aliphatic carbocycles. The molecular formula is C24H23N3O3S2. The number of nitrogens with one attached hydrogen (secondary N) is 1. The highest BCUT2D eigenvalue weighted by molar-refractivity contribution is 7.99. The lowest BCUT2D eigenvalue weighted by Crippen LogP contribution is -2.25. The molecule has 0 bridgehead atoms. The number of ether oxygens (including phenoxy) is 1. The van der Waals surface area contributed by atoms with E-state index >= 15 is 0 Å². The molecule has 4 aromatic rings. The van der Waals surface area contributed by atoms with Gasteiger partial charge in [-0.15, -0.1) is 11.3 Å². The Hall–Kier alpha value is -3.10. The summed E-state index contributed by atoms with van der Waals surface area (Å²) in [5.41, 5.74) is 1.25. The summed E-state index contributed by atoms with van der Waals surface area (Å²) in [6.45, 7) is 3.03. The Kier molecular flexibility index (Phi) is 7.24. The Morgan fingerprint density at radius 3 is 2.69 bits per heavy atom. The lowest BCUT2D eigenvalue weighted by Gasteiger charge is -2.13. The number of carbonyl (C=O) groups excluding carboxylic acids is 1. The molecule has 8 heteroatoms. The van der Waals surface area contributed by atoms with Gasteiger partial charge in [0.25, 0.3) is 5.56 Å². The molecule has 1 N–H and O–H groups in total. The largest absolute Gasteiger partial charge is 0.494 e. The first-order valence-electron chi connectivity index (χ1n) is 10.3. The lowest BCUT2D eigenvalue weighted by atomic mass is 10.2. The van der Waals surface area contributed by atoms with Gasteiger partial charge in [-0.3, -0.25) is 14.2 Å². The second-order valence-corrected chi connectivity index (χ2v) is 8.97. The fraction of sp³-hybridized carbons (Fsp3) is 0.208. The molecule has 4 rings (SSSR count). The van der Waals surface area contributed by atoms with Crippen molar-refractivity contribution in [3.63, 3.8) is 0 Å². The Labute approximate surface area is 194 Å². The van der Waals surface area contributed by atoms with E-state index in [9.17, 15) is 9.59 Å². The van der Waals surface area contributed by atoms with Gasteiger partial charge in [-0.2, -0.15) is 0 Å². The number of carbonyl (C=O) groups is 1. The van der Waals surface area contributed by atoms with Crippen molar-refractivity contribution in [3.05, 3.63) is 81.3 Å². The first kappa shape index (κ1) is 22.1.